The lowest BCUT2D eigenvalue weighted by Crippen LogP contribution is -2.67. The van der Waals surface area contributed by atoms with E-state index in [0.717, 1.165) is 0 Å². The molecule has 0 unspecified atom stereocenters. The monoisotopic (exact) mass is 443 g/mol. The summed E-state index contributed by atoms with van der Waals surface area (Å²) in [5.74, 6) is -10.3. The van der Waals surface area contributed by atoms with Crippen LogP contribution in [0.4, 0.5) is 0 Å². The van der Waals surface area contributed by atoms with Crippen molar-refractivity contribution < 1.29 is 39.9 Å². The molecule has 0 aliphatic heterocycles. The van der Waals surface area contributed by atoms with E-state index in [1.54, 1.807) is 32.9 Å². The molecule has 0 bridgehead atoms. The number of Topliss-reactive ketones (excluding diaryl/α,β-unsaturated/α-hetero) is 2. The van der Waals surface area contributed by atoms with Crippen molar-refractivity contribution in [1.82, 2.24) is 0 Å². The first-order valence-electron chi connectivity index (χ1n) is 10.4. The maximum Gasteiger partial charge on any atom is 0.255 e. The average molecular weight is 443 g/mol. The van der Waals surface area contributed by atoms with E-state index >= 15 is 0 Å². The van der Waals surface area contributed by atoms with Crippen LogP contribution < -0.4 is 5.73 Å². The summed E-state index contributed by atoms with van der Waals surface area (Å²) in [6, 6.07) is 4.52. The molecule has 1 saturated carbocycles. The van der Waals surface area contributed by atoms with Gasteiger partial charge in [-0.05, 0) is 23.5 Å². The first-order chi connectivity index (χ1) is 14.9. The minimum Gasteiger partial charge on any atom is -0.508 e. The van der Waals surface area contributed by atoms with E-state index in [2.05, 4.69) is 0 Å². The Morgan fingerprint density at radius 3 is 2.34 bits per heavy atom. The summed E-state index contributed by atoms with van der Waals surface area (Å²) in [4.78, 5) is 38.7. The molecule has 0 saturated heterocycles. The zero-order chi connectivity index (χ0) is 23.9. The zero-order valence-electron chi connectivity index (χ0n) is 17.7. The van der Waals surface area contributed by atoms with Crippen molar-refractivity contribution >= 4 is 23.2 Å². The van der Waals surface area contributed by atoms with Crippen LogP contribution in [-0.4, -0.2) is 54.7 Å². The van der Waals surface area contributed by atoms with Gasteiger partial charge in [0.25, 0.3) is 5.91 Å². The number of hydrogen-bond acceptors (Lipinski definition) is 8. The van der Waals surface area contributed by atoms with Gasteiger partial charge >= 0.3 is 0 Å². The molecule has 0 heterocycles. The fourth-order valence-corrected chi connectivity index (χ4v) is 5.81. The number of primary amides is 1. The molecular formula is C23H25NO8. The predicted octanol–water partition coefficient (Wildman–Crippen LogP) is 0.838. The first-order valence-corrected chi connectivity index (χ1v) is 10.4. The molecule has 6 atom stereocenters. The van der Waals surface area contributed by atoms with E-state index in [1.807, 2.05) is 0 Å². The summed E-state index contributed by atoms with van der Waals surface area (Å²) in [5.41, 5.74) is 1.61. The Morgan fingerprint density at radius 2 is 1.78 bits per heavy atom. The number of carbonyl (C=O) groups excluding carboxylic acids is 3. The molecule has 9 nitrogen and oxygen atoms in total. The number of ketones is 2. The highest BCUT2D eigenvalue weighted by molar-refractivity contribution is 6.23. The van der Waals surface area contributed by atoms with Crippen molar-refractivity contribution in [2.45, 2.75) is 38.4 Å². The van der Waals surface area contributed by atoms with Crippen LogP contribution in [-0.2, 0) is 14.4 Å². The normalized spacial score (nSPS) is 34.4. The Morgan fingerprint density at radius 1 is 1.16 bits per heavy atom. The molecule has 7 N–H and O–H groups in total. The molecule has 32 heavy (non-hydrogen) atoms. The van der Waals surface area contributed by atoms with Crippen molar-refractivity contribution in [3.8, 4) is 5.75 Å². The minimum absolute atomic E-state index is 0.0141. The van der Waals surface area contributed by atoms with Crippen LogP contribution >= 0.6 is 0 Å². The second kappa shape index (κ2) is 6.91. The van der Waals surface area contributed by atoms with E-state index in [0.29, 0.717) is 5.56 Å². The van der Waals surface area contributed by atoms with E-state index in [1.165, 1.54) is 6.07 Å². The van der Waals surface area contributed by atoms with Gasteiger partial charge in [-0.1, -0.05) is 32.9 Å². The third-order valence-electron chi connectivity index (χ3n) is 7.24. The number of phenols is 1. The number of rotatable bonds is 2. The number of amides is 1. The van der Waals surface area contributed by atoms with Gasteiger partial charge in [0, 0.05) is 23.3 Å². The van der Waals surface area contributed by atoms with Gasteiger partial charge in [-0.3, -0.25) is 14.4 Å². The molecule has 170 valence electrons. The van der Waals surface area contributed by atoms with E-state index in [-0.39, 0.29) is 16.9 Å². The van der Waals surface area contributed by atoms with Gasteiger partial charge in [0.1, 0.15) is 22.8 Å². The summed E-state index contributed by atoms with van der Waals surface area (Å²) in [7, 11) is 0. The summed E-state index contributed by atoms with van der Waals surface area (Å²) in [6.45, 7) is 4.94. The van der Waals surface area contributed by atoms with Crippen molar-refractivity contribution in [3.05, 3.63) is 46.2 Å². The predicted molar refractivity (Wildman–Crippen MR) is 111 cm³/mol. The molecule has 3 aliphatic carbocycles. The molecule has 0 spiro atoms. The van der Waals surface area contributed by atoms with Gasteiger partial charge in [-0.25, -0.2) is 0 Å². The molecule has 3 aliphatic rings. The second-order valence-electron chi connectivity index (χ2n) is 9.15. The quantitative estimate of drug-likeness (QED) is 0.364. The number of aromatic hydroxyl groups is 1. The van der Waals surface area contributed by atoms with Gasteiger partial charge in [-0.15, -0.1) is 0 Å². The number of aliphatic hydroxyl groups is 4. The standard InChI is InChI=1S/C23H25NO8/c1-7(2)11-16-19(28)12-8(3)9-5-4-6-10(25)13(9)18(27)14(12)20(29)23(16,32)21(30)15(17(11)26)22(24)31/h4-8,11-12,16,19,25,27-28,30,32H,1-3H3,(H2,24,31)/t8-,11+,12+,16+,19-,23-/m0/s1. The SMILES string of the molecule is CC(C)[C@H]1C(=O)C(C(N)=O)=C(O)[C@@]2(O)C(=O)C3=C(O)c4c(O)cccc4[C@H](C)[C@H]3[C@H](O)[C@@H]12. The van der Waals surface area contributed by atoms with Crippen LogP contribution in [0.1, 0.15) is 37.8 Å². The van der Waals surface area contributed by atoms with Crippen molar-refractivity contribution in [1.29, 1.82) is 0 Å². The van der Waals surface area contributed by atoms with Crippen molar-refractivity contribution in [2.75, 3.05) is 0 Å². The lowest BCUT2D eigenvalue weighted by molar-refractivity contribution is -0.171. The number of hydrogen-bond donors (Lipinski definition) is 6. The molecule has 1 amide bonds. The average Bonchev–Trinajstić information content (AvgIpc) is 2.70. The van der Waals surface area contributed by atoms with E-state index < -0.39 is 75.9 Å². The van der Waals surface area contributed by atoms with Crippen molar-refractivity contribution in [2.24, 2.45) is 29.4 Å². The summed E-state index contributed by atoms with van der Waals surface area (Å²) in [5, 5.41) is 55.0. The Labute approximate surface area is 183 Å². The number of phenolic OH excluding ortho intramolecular Hbond substituents is 1. The Hall–Kier alpha value is -3.17. The lowest BCUT2D eigenvalue weighted by atomic mass is 9.51. The third-order valence-corrected chi connectivity index (χ3v) is 7.24. The summed E-state index contributed by atoms with van der Waals surface area (Å²) >= 11 is 0. The maximum absolute atomic E-state index is 13.7. The number of aliphatic hydroxyl groups excluding tert-OH is 3. The van der Waals surface area contributed by atoms with Gasteiger partial charge in [0.15, 0.2) is 11.4 Å². The maximum atomic E-state index is 13.7. The van der Waals surface area contributed by atoms with Crippen LogP contribution in [0.5, 0.6) is 5.75 Å². The van der Waals surface area contributed by atoms with Crippen LogP contribution in [0.15, 0.2) is 35.1 Å². The third kappa shape index (κ3) is 2.49. The summed E-state index contributed by atoms with van der Waals surface area (Å²) in [6.07, 6.45) is -1.55. The molecule has 1 aromatic rings. The first kappa shape index (κ1) is 22.0. The lowest BCUT2D eigenvalue weighted by Gasteiger charge is -2.53. The van der Waals surface area contributed by atoms with Crippen LogP contribution in [0.25, 0.3) is 5.76 Å². The Kier molecular flexibility index (Phi) is 4.76. The topological polar surface area (TPSA) is 178 Å². The van der Waals surface area contributed by atoms with Crippen LogP contribution in [0.3, 0.4) is 0 Å². The number of fused-ring (bicyclic) bond motifs is 3. The van der Waals surface area contributed by atoms with Crippen molar-refractivity contribution in [3.63, 3.8) is 0 Å². The zero-order valence-corrected chi connectivity index (χ0v) is 17.7. The van der Waals surface area contributed by atoms with Crippen LogP contribution in [0, 0.1) is 23.7 Å². The molecular weight excluding hydrogens is 418 g/mol. The fraction of sp³-hybridized carbons (Fsp3) is 0.435. The Bertz CT molecular complexity index is 1130. The highest BCUT2D eigenvalue weighted by atomic mass is 16.4. The Balaban J connectivity index is 2.07. The smallest absolute Gasteiger partial charge is 0.255 e. The number of benzene rings is 1. The van der Waals surface area contributed by atoms with E-state index in [9.17, 15) is 39.9 Å². The molecule has 9 heteroatoms. The van der Waals surface area contributed by atoms with Gasteiger partial charge < -0.3 is 31.3 Å². The number of carbonyl (C=O) groups is 3. The summed E-state index contributed by atoms with van der Waals surface area (Å²) < 4.78 is 0. The molecule has 0 radical (unpaired) electrons. The van der Waals surface area contributed by atoms with Gasteiger partial charge in [0.2, 0.25) is 5.78 Å². The molecule has 1 fully saturated rings. The van der Waals surface area contributed by atoms with Crippen LogP contribution in [0.2, 0.25) is 0 Å². The minimum atomic E-state index is -2.85. The van der Waals surface area contributed by atoms with Gasteiger partial charge in [0.05, 0.1) is 11.7 Å². The highest BCUT2D eigenvalue weighted by Gasteiger charge is 2.68. The highest BCUT2D eigenvalue weighted by Crippen LogP contribution is 2.57. The molecule has 4 rings (SSSR count). The van der Waals surface area contributed by atoms with Gasteiger partial charge in [-0.2, -0.15) is 0 Å². The molecule has 1 aromatic carbocycles. The molecule has 0 aromatic heterocycles. The largest absolute Gasteiger partial charge is 0.508 e. The number of nitrogens with two attached hydrogens (primary N) is 1. The second-order valence-corrected chi connectivity index (χ2v) is 9.15. The fourth-order valence-electron chi connectivity index (χ4n) is 5.81. The van der Waals surface area contributed by atoms with E-state index in [4.69, 9.17) is 5.73 Å².